The van der Waals surface area contributed by atoms with E-state index in [-0.39, 0.29) is 18.4 Å². The van der Waals surface area contributed by atoms with E-state index in [9.17, 15) is 9.59 Å². The van der Waals surface area contributed by atoms with Crippen molar-refractivity contribution < 1.29 is 9.59 Å². The van der Waals surface area contributed by atoms with Crippen LogP contribution >= 0.6 is 0 Å². The van der Waals surface area contributed by atoms with Gasteiger partial charge >= 0.3 is 0 Å². The highest BCUT2D eigenvalue weighted by Crippen LogP contribution is 2.47. The molecule has 1 aliphatic carbocycles. The third kappa shape index (κ3) is 3.84. The molecule has 3 aliphatic rings. The van der Waals surface area contributed by atoms with Crippen LogP contribution in [0.1, 0.15) is 41.6 Å². The molecule has 0 radical (unpaired) electrons. The van der Waals surface area contributed by atoms with E-state index in [4.69, 9.17) is 0 Å². The average molecular weight is 383 g/mol. The van der Waals surface area contributed by atoms with Gasteiger partial charge in [0.05, 0.1) is 6.54 Å². The summed E-state index contributed by atoms with van der Waals surface area (Å²) in [6.45, 7) is 4.08. The number of carbonyl (C=O) groups is 2. The molecule has 7 heteroatoms. The molecular formula is C21H29N5O2. The molecule has 2 aliphatic heterocycles. The lowest BCUT2D eigenvalue weighted by molar-refractivity contribution is -0.123. The molecule has 4 rings (SSSR count). The first kappa shape index (κ1) is 18.8. The van der Waals surface area contributed by atoms with Gasteiger partial charge in [-0.3, -0.25) is 14.6 Å². The molecule has 1 saturated carbocycles. The van der Waals surface area contributed by atoms with Gasteiger partial charge in [-0.2, -0.15) is 0 Å². The highest BCUT2D eigenvalue weighted by molar-refractivity contribution is 5.97. The molecule has 2 amide bonds. The Morgan fingerprint density at radius 3 is 2.57 bits per heavy atom. The highest BCUT2D eigenvalue weighted by Gasteiger charge is 2.43. The van der Waals surface area contributed by atoms with Crippen molar-refractivity contribution in [3.05, 3.63) is 35.4 Å². The molecule has 7 nitrogen and oxygen atoms in total. The van der Waals surface area contributed by atoms with Crippen LogP contribution in [-0.2, 0) is 11.3 Å². The van der Waals surface area contributed by atoms with Crippen molar-refractivity contribution in [1.82, 2.24) is 20.4 Å². The summed E-state index contributed by atoms with van der Waals surface area (Å²) < 4.78 is 0. The van der Waals surface area contributed by atoms with E-state index in [0.29, 0.717) is 30.6 Å². The van der Waals surface area contributed by atoms with Crippen LogP contribution in [0.15, 0.2) is 29.3 Å². The molecule has 0 atom stereocenters. The maximum atomic E-state index is 12.5. The standard InChI is InChI=1S/C21H29N5O2/c1-22-20(26-11-9-21(15-26)7-2-8-21)24-13-16-3-5-17(6-4-16)19(28)25-12-10-23-18(27)14-25/h3-6H,2,7-15H2,1H3,(H,22,24)(H,23,27). The van der Waals surface area contributed by atoms with Gasteiger partial charge < -0.3 is 20.4 Å². The van der Waals surface area contributed by atoms with Crippen LogP contribution < -0.4 is 10.6 Å². The predicted octanol–water partition coefficient (Wildman–Crippen LogP) is 1.21. The van der Waals surface area contributed by atoms with Crippen molar-refractivity contribution in [2.24, 2.45) is 10.4 Å². The molecule has 1 aromatic carbocycles. The molecule has 28 heavy (non-hydrogen) atoms. The van der Waals surface area contributed by atoms with Gasteiger partial charge in [-0.15, -0.1) is 0 Å². The second kappa shape index (κ2) is 7.81. The summed E-state index contributed by atoms with van der Waals surface area (Å²) in [6, 6.07) is 7.62. The van der Waals surface area contributed by atoms with Crippen LogP contribution in [-0.4, -0.2) is 67.3 Å². The Bertz CT molecular complexity index is 770. The first-order valence-electron chi connectivity index (χ1n) is 10.2. The Morgan fingerprint density at radius 1 is 1.18 bits per heavy atom. The molecule has 0 aromatic heterocycles. The van der Waals surface area contributed by atoms with Crippen molar-refractivity contribution in [1.29, 1.82) is 0 Å². The molecule has 2 saturated heterocycles. The number of guanidine groups is 1. The molecule has 1 aromatic rings. The number of carbonyl (C=O) groups excluding carboxylic acids is 2. The number of amides is 2. The lowest BCUT2D eigenvalue weighted by Gasteiger charge is -2.38. The van der Waals surface area contributed by atoms with Crippen LogP contribution in [0, 0.1) is 5.41 Å². The average Bonchev–Trinajstić information content (AvgIpc) is 3.15. The van der Waals surface area contributed by atoms with Crippen LogP contribution in [0.4, 0.5) is 0 Å². The lowest BCUT2D eigenvalue weighted by Crippen LogP contribution is -2.49. The van der Waals surface area contributed by atoms with Crippen LogP contribution in [0.2, 0.25) is 0 Å². The number of nitrogens with zero attached hydrogens (tertiary/aromatic N) is 3. The van der Waals surface area contributed by atoms with E-state index < -0.39 is 0 Å². The van der Waals surface area contributed by atoms with Crippen molar-refractivity contribution in [2.45, 2.75) is 32.2 Å². The second-order valence-corrected chi connectivity index (χ2v) is 8.20. The quantitative estimate of drug-likeness (QED) is 0.608. The zero-order valence-corrected chi connectivity index (χ0v) is 16.5. The van der Waals surface area contributed by atoms with Crippen molar-refractivity contribution in [3.63, 3.8) is 0 Å². The number of benzene rings is 1. The minimum Gasteiger partial charge on any atom is -0.353 e. The summed E-state index contributed by atoms with van der Waals surface area (Å²) in [5.74, 6) is 0.772. The fourth-order valence-corrected chi connectivity index (χ4v) is 4.47. The van der Waals surface area contributed by atoms with Crippen molar-refractivity contribution >= 4 is 17.8 Å². The molecule has 0 bridgehead atoms. The largest absolute Gasteiger partial charge is 0.353 e. The number of likely N-dealkylation sites (tertiary alicyclic amines) is 1. The Kier molecular flexibility index (Phi) is 5.24. The molecule has 2 heterocycles. The van der Waals surface area contributed by atoms with Crippen LogP contribution in [0.3, 0.4) is 0 Å². The molecular weight excluding hydrogens is 354 g/mol. The van der Waals surface area contributed by atoms with Gasteiger partial charge in [-0.1, -0.05) is 18.6 Å². The SMILES string of the molecule is CN=C(NCc1ccc(C(=O)N2CCNC(=O)C2)cc1)N1CCC2(CCC2)C1. The number of hydrogen-bond donors (Lipinski definition) is 2. The molecule has 0 unspecified atom stereocenters. The summed E-state index contributed by atoms with van der Waals surface area (Å²) in [5, 5.41) is 6.20. The smallest absolute Gasteiger partial charge is 0.254 e. The Balaban J connectivity index is 1.31. The minimum atomic E-state index is -0.0996. The number of piperazine rings is 1. The highest BCUT2D eigenvalue weighted by atomic mass is 16.2. The van der Waals surface area contributed by atoms with Gasteiger partial charge in [0.15, 0.2) is 5.96 Å². The number of aliphatic imine (C=N–C) groups is 1. The normalized spacial score (nSPS) is 21.5. The fourth-order valence-electron chi connectivity index (χ4n) is 4.47. The monoisotopic (exact) mass is 383 g/mol. The second-order valence-electron chi connectivity index (χ2n) is 8.20. The van der Waals surface area contributed by atoms with Crippen molar-refractivity contribution in [2.75, 3.05) is 39.8 Å². The van der Waals surface area contributed by atoms with Crippen molar-refractivity contribution in [3.8, 4) is 0 Å². The maximum Gasteiger partial charge on any atom is 0.254 e. The van der Waals surface area contributed by atoms with E-state index in [1.807, 2.05) is 31.3 Å². The molecule has 150 valence electrons. The van der Waals surface area contributed by atoms with Crippen LogP contribution in [0.5, 0.6) is 0 Å². The van der Waals surface area contributed by atoms with Gasteiger partial charge in [-0.05, 0) is 42.4 Å². The maximum absolute atomic E-state index is 12.5. The van der Waals surface area contributed by atoms with Gasteiger partial charge in [0.25, 0.3) is 5.91 Å². The molecule has 2 N–H and O–H groups in total. The van der Waals surface area contributed by atoms with E-state index in [0.717, 1.165) is 24.6 Å². The van der Waals surface area contributed by atoms with Crippen LogP contribution in [0.25, 0.3) is 0 Å². The van der Waals surface area contributed by atoms with E-state index in [1.165, 1.54) is 25.7 Å². The topological polar surface area (TPSA) is 77.0 Å². The van der Waals surface area contributed by atoms with E-state index in [2.05, 4.69) is 20.5 Å². The Hall–Kier alpha value is -2.57. The Labute approximate surface area is 166 Å². The van der Waals surface area contributed by atoms with Gasteiger partial charge in [-0.25, -0.2) is 0 Å². The summed E-state index contributed by atoms with van der Waals surface area (Å²) in [4.78, 5) is 32.5. The van der Waals surface area contributed by atoms with Gasteiger partial charge in [0.2, 0.25) is 5.91 Å². The Morgan fingerprint density at radius 2 is 1.96 bits per heavy atom. The number of nitrogens with one attached hydrogen (secondary N) is 2. The number of hydrogen-bond acceptors (Lipinski definition) is 3. The van der Waals surface area contributed by atoms with Gasteiger partial charge in [0, 0.05) is 45.3 Å². The summed E-state index contributed by atoms with van der Waals surface area (Å²) in [6.07, 6.45) is 5.36. The third-order valence-corrected chi connectivity index (χ3v) is 6.34. The number of rotatable bonds is 3. The lowest BCUT2D eigenvalue weighted by atomic mass is 9.68. The predicted molar refractivity (Wildman–Crippen MR) is 108 cm³/mol. The zero-order chi connectivity index (χ0) is 19.6. The van der Waals surface area contributed by atoms with E-state index in [1.54, 1.807) is 4.90 Å². The fraction of sp³-hybridized carbons (Fsp3) is 0.571. The molecule has 1 spiro atoms. The third-order valence-electron chi connectivity index (χ3n) is 6.34. The van der Waals surface area contributed by atoms with E-state index >= 15 is 0 Å². The summed E-state index contributed by atoms with van der Waals surface area (Å²) in [5.41, 5.74) is 2.27. The first-order valence-corrected chi connectivity index (χ1v) is 10.2. The summed E-state index contributed by atoms with van der Waals surface area (Å²) in [7, 11) is 1.84. The first-order chi connectivity index (χ1) is 13.6. The zero-order valence-electron chi connectivity index (χ0n) is 16.5. The van der Waals surface area contributed by atoms with Gasteiger partial charge in [0.1, 0.15) is 0 Å². The molecule has 3 fully saturated rings. The minimum absolute atomic E-state index is 0.0898. The summed E-state index contributed by atoms with van der Waals surface area (Å²) >= 11 is 0.